The largest absolute Gasteiger partial charge is 0.493 e. The standard InChI is InChI=1S/C23H19Cl2NO3S/c1-26(19-5-3-2-4-18(19)25)23(28)21-12-15-8-9-29-20-11-14(10-16(27)13-24)6-7-17(20)22(15)30-21/h2-7,11-12H,8-10,13H2,1H3. The van der Waals surface area contributed by atoms with Crippen LogP contribution in [0.4, 0.5) is 5.69 Å². The van der Waals surface area contributed by atoms with Gasteiger partial charge in [-0.2, -0.15) is 0 Å². The van der Waals surface area contributed by atoms with Crippen molar-refractivity contribution >= 4 is 51.9 Å². The van der Waals surface area contributed by atoms with Crippen molar-refractivity contribution < 1.29 is 14.3 Å². The van der Waals surface area contributed by atoms with Crippen LogP contribution in [0.25, 0.3) is 10.4 Å². The molecule has 0 saturated carbocycles. The van der Waals surface area contributed by atoms with Crippen molar-refractivity contribution in [3.8, 4) is 16.2 Å². The van der Waals surface area contributed by atoms with Crippen LogP contribution >= 0.6 is 34.5 Å². The first-order chi connectivity index (χ1) is 14.5. The zero-order valence-corrected chi connectivity index (χ0v) is 18.6. The topological polar surface area (TPSA) is 46.6 Å². The smallest absolute Gasteiger partial charge is 0.268 e. The molecule has 0 bridgehead atoms. The highest BCUT2D eigenvalue weighted by atomic mass is 35.5. The lowest BCUT2D eigenvalue weighted by atomic mass is 10.0. The van der Waals surface area contributed by atoms with Crippen molar-refractivity contribution in [1.29, 1.82) is 0 Å². The van der Waals surface area contributed by atoms with Crippen LogP contribution in [-0.2, 0) is 17.6 Å². The fraction of sp³-hybridized carbons (Fsp3) is 0.217. The number of thiophene rings is 1. The number of nitrogens with zero attached hydrogens (tertiary/aromatic N) is 1. The second-order valence-corrected chi connectivity index (χ2v) is 8.79. The Kier molecular flexibility index (Phi) is 6.14. The van der Waals surface area contributed by atoms with Gasteiger partial charge in [-0.1, -0.05) is 29.8 Å². The van der Waals surface area contributed by atoms with E-state index in [1.807, 2.05) is 42.5 Å². The molecular formula is C23H19Cl2NO3S. The molecule has 0 atom stereocenters. The SMILES string of the molecule is CN(C(=O)c1cc2c(s1)-c1ccc(CC(=O)CCl)cc1OCC2)c1ccccc1Cl. The molecule has 3 aromatic rings. The van der Waals surface area contributed by atoms with E-state index >= 15 is 0 Å². The van der Waals surface area contributed by atoms with Crippen LogP contribution in [0.5, 0.6) is 5.75 Å². The van der Waals surface area contributed by atoms with Crippen LogP contribution in [0.2, 0.25) is 5.02 Å². The molecule has 1 aliphatic rings. The molecule has 1 amide bonds. The van der Waals surface area contributed by atoms with Crippen molar-refractivity contribution in [2.24, 2.45) is 0 Å². The number of benzene rings is 2. The van der Waals surface area contributed by atoms with Crippen LogP contribution in [0.3, 0.4) is 0 Å². The summed E-state index contributed by atoms with van der Waals surface area (Å²) in [6.07, 6.45) is 0.989. The Hall–Kier alpha value is -2.34. The lowest BCUT2D eigenvalue weighted by Gasteiger charge is -2.17. The van der Waals surface area contributed by atoms with Crippen molar-refractivity contribution in [3.63, 3.8) is 0 Å². The predicted molar refractivity (Wildman–Crippen MR) is 123 cm³/mol. The predicted octanol–water partition coefficient (Wildman–Crippen LogP) is 5.63. The van der Waals surface area contributed by atoms with Gasteiger partial charge in [0.15, 0.2) is 5.78 Å². The van der Waals surface area contributed by atoms with Crippen molar-refractivity contribution in [3.05, 3.63) is 69.6 Å². The number of ether oxygens (including phenoxy) is 1. The molecule has 0 aliphatic carbocycles. The Morgan fingerprint density at radius 2 is 1.97 bits per heavy atom. The van der Waals surface area contributed by atoms with E-state index in [2.05, 4.69) is 0 Å². The molecule has 0 saturated heterocycles. The van der Waals surface area contributed by atoms with E-state index in [9.17, 15) is 9.59 Å². The summed E-state index contributed by atoms with van der Waals surface area (Å²) >= 11 is 13.3. The number of carbonyl (C=O) groups is 2. The average molecular weight is 460 g/mol. The van der Waals surface area contributed by atoms with Crippen LogP contribution in [0, 0.1) is 0 Å². The maximum Gasteiger partial charge on any atom is 0.268 e. The molecule has 2 heterocycles. The molecule has 0 fully saturated rings. The minimum absolute atomic E-state index is 0.00254. The van der Waals surface area contributed by atoms with Crippen LogP contribution < -0.4 is 9.64 Å². The summed E-state index contributed by atoms with van der Waals surface area (Å²) in [6.45, 7) is 0.512. The Labute approximate surface area is 189 Å². The Bertz CT molecular complexity index is 1130. The number of rotatable bonds is 5. The maximum atomic E-state index is 13.1. The van der Waals surface area contributed by atoms with E-state index in [-0.39, 0.29) is 24.0 Å². The molecule has 1 aliphatic heterocycles. The lowest BCUT2D eigenvalue weighted by Crippen LogP contribution is -2.25. The molecule has 7 heteroatoms. The number of fused-ring (bicyclic) bond motifs is 3. The zero-order valence-electron chi connectivity index (χ0n) is 16.3. The summed E-state index contributed by atoms with van der Waals surface area (Å²) < 4.78 is 5.93. The summed E-state index contributed by atoms with van der Waals surface area (Å²) in [7, 11) is 1.73. The molecule has 2 aromatic carbocycles. The van der Waals surface area contributed by atoms with E-state index < -0.39 is 0 Å². The number of hydrogen-bond acceptors (Lipinski definition) is 4. The third-order valence-electron chi connectivity index (χ3n) is 5.01. The number of hydrogen-bond donors (Lipinski definition) is 0. The number of carbonyl (C=O) groups excluding carboxylic acids is 2. The van der Waals surface area contributed by atoms with Gasteiger partial charge < -0.3 is 9.64 Å². The number of amides is 1. The Balaban J connectivity index is 1.66. The third-order valence-corrected chi connectivity index (χ3v) is 6.82. The second kappa shape index (κ2) is 8.80. The third kappa shape index (κ3) is 4.10. The van der Waals surface area contributed by atoms with Gasteiger partial charge in [0, 0.05) is 30.3 Å². The normalized spacial score (nSPS) is 12.4. The van der Waals surface area contributed by atoms with Gasteiger partial charge in [0.05, 0.1) is 28.1 Å². The van der Waals surface area contributed by atoms with Crippen molar-refractivity contribution in [1.82, 2.24) is 0 Å². The van der Waals surface area contributed by atoms with Gasteiger partial charge >= 0.3 is 0 Å². The highest BCUT2D eigenvalue weighted by Gasteiger charge is 2.24. The first-order valence-electron chi connectivity index (χ1n) is 9.47. The minimum atomic E-state index is -0.104. The number of alkyl halides is 1. The first-order valence-corrected chi connectivity index (χ1v) is 11.2. The fourth-order valence-corrected chi connectivity index (χ4v) is 5.05. The molecule has 0 radical (unpaired) electrons. The average Bonchev–Trinajstić information content (AvgIpc) is 3.09. The van der Waals surface area contributed by atoms with Crippen LogP contribution in [0.1, 0.15) is 20.8 Å². The number of para-hydroxylation sites is 1. The van der Waals surface area contributed by atoms with Gasteiger partial charge in [-0.3, -0.25) is 9.59 Å². The molecule has 1 aromatic heterocycles. The van der Waals surface area contributed by atoms with Gasteiger partial charge in [0.1, 0.15) is 5.75 Å². The van der Waals surface area contributed by atoms with Gasteiger partial charge in [-0.25, -0.2) is 0 Å². The molecule has 4 rings (SSSR count). The number of anilines is 1. The Morgan fingerprint density at radius 1 is 1.17 bits per heavy atom. The molecule has 154 valence electrons. The summed E-state index contributed by atoms with van der Waals surface area (Å²) in [5.74, 6) is 0.594. The number of halogens is 2. The molecule has 0 spiro atoms. The van der Waals surface area contributed by atoms with E-state index in [1.165, 1.54) is 11.3 Å². The first kappa shape index (κ1) is 20.9. The number of Topliss-reactive ketones (excluding diaryl/α,β-unsaturated/α-hetero) is 1. The fourth-order valence-electron chi connectivity index (χ4n) is 3.48. The molecule has 0 unspecified atom stereocenters. The summed E-state index contributed by atoms with van der Waals surface area (Å²) in [5, 5.41) is 0.532. The van der Waals surface area contributed by atoms with E-state index in [1.54, 1.807) is 18.0 Å². The van der Waals surface area contributed by atoms with Gasteiger partial charge in [-0.05, 0) is 41.5 Å². The Morgan fingerprint density at radius 3 is 2.73 bits per heavy atom. The molecule has 0 N–H and O–H groups in total. The van der Waals surface area contributed by atoms with E-state index in [4.69, 9.17) is 27.9 Å². The van der Waals surface area contributed by atoms with E-state index in [0.717, 1.165) is 27.3 Å². The number of ketones is 1. The minimum Gasteiger partial charge on any atom is -0.493 e. The van der Waals surface area contributed by atoms with Crippen molar-refractivity contribution in [2.45, 2.75) is 12.8 Å². The van der Waals surface area contributed by atoms with Crippen LogP contribution in [-0.4, -0.2) is 31.2 Å². The van der Waals surface area contributed by atoms with E-state index in [0.29, 0.717) is 28.6 Å². The lowest BCUT2D eigenvalue weighted by molar-refractivity contribution is -0.116. The summed E-state index contributed by atoms with van der Waals surface area (Å²) in [5.41, 5.74) is 3.56. The van der Waals surface area contributed by atoms with Gasteiger partial charge in [-0.15, -0.1) is 22.9 Å². The monoisotopic (exact) mass is 459 g/mol. The zero-order chi connectivity index (χ0) is 21.3. The molecule has 4 nitrogen and oxygen atoms in total. The summed E-state index contributed by atoms with van der Waals surface area (Å²) in [4.78, 5) is 28.0. The highest BCUT2D eigenvalue weighted by Crippen LogP contribution is 2.42. The van der Waals surface area contributed by atoms with Crippen molar-refractivity contribution in [2.75, 3.05) is 24.4 Å². The van der Waals surface area contributed by atoms with Crippen LogP contribution in [0.15, 0.2) is 48.5 Å². The highest BCUT2D eigenvalue weighted by molar-refractivity contribution is 7.17. The maximum absolute atomic E-state index is 13.1. The quantitative estimate of drug-likeness (QED) is 0.464. The van der Waals surface area contributed by atoms with Gasteiger partial charge in [0.2, 0.25) is 0 Å². The second-order valence-electron chi connectivity index (χ2n) is 7.06. The molecule has 30 heavy (non-hydrogen) atoms. The van der Waals surface area contributed by atoms with Gasteiger partial charge in [0.25, 0.3) is 5.91 Å². The molecular weight excluding hydrogens is 441 g/mol. The summed E-state index contributed by atoms with van der Waals surface area (Å²) in [6, 6.07) is 15.0.